The van der Waals surface area contributed by atoms with E-state index in [1.165, 1.54) is 7.11 Å². The number of aliphatic hydroxyl groups excluding tert-OH is 1. The number of para-hydroxylation sites is 1. The van der Waals surface area contributed by atoms with Crippen molar-refractivity contribution in [3.8, 4) is 11.5 Å². The molecule has 1 atom stereocenters. The van der Waals surface area contributed by atoms with Gasteiger partial charge in [0.05, 0.1) is 25.3 Å². The second-order valence-electron chi connectivity index (χ2n) is 9.99. The molecule has 0 bridgehead atoms. The molecule has 1 aromatic heterocycles. The first-order valence-corrected chi connectivity index (χ1v) is 14.2. The normalized spacial score (nSPS) is 15.5. The third-order valence-electron chi connectivity index (χ3n) is 7.48. The van der Waals surface area contributed by atoms with E-state index in [1.807, 2.05) is 36.4 Å². The average molecular weight is 549 g/mol. The minimum absolute atomic E-state index is 0.0162. The van der Waals surface area contributed by atoms with Crippen LogP contribution < -0.4 is 9.47 Å². The van der Waals surface area contributed by atoms with E-state index >= 15 is 0 Å². The SMILES string of the molecule is CCCCCOc1ccc(C2C(C(=O)c3cc4cccc(OC)c4o3)=C(O)C(=O)N2CCCN(CC)CC)cc1. The van der Waals surface area contributed by atoms with Crippen molar-refractivity contribution < 1.29 is 28.6 Å². The van der Waals surface area contributed by atoms with Crippen LogP contribution in [0.25, 0.3) is 11.0 Å². The Bertz CT molecular complexity index is 1340. The van der Waals surface area contributed by atoms with E-state index in [4.69, 9.17) is 13.9 Å². The number of aliphatic hydroxyl groups is 1. The Hall–Kier alpha value is -3.78. The van der Waals surface area contributed by atoms with Crippen molar-refractivity contribution in [3.05, 3.63) is 71.2 Å². The van der Waals surface area contributed by atoms with E-state index in [-0.39, 0.29) is 11.3 Å². The van der Waals surface area contributed by atoms with Crippen LogP contribution in [0.1, 0.15) is 68.6 Å². The van der Waals surface area contributed by atoms with Crippen molar-refractivity contribution in [1.29, 1.82) is 0 Å². The molecule has 0 spiro atoms. The van der Waals surface area contributed by atoms with E-state index in [0.29, 0.717) is 36.3 Å². The van der Waals surface area contributed by atoms with Gasteiger partial charge in [-0.15, -0.1) is 0 Å². The smallest absolute Gasteiger partial charge is 0.290 e. The summed E-state index contributed by atoms with van der Waals surface area (Å²) in [5.74, 6) is -0.351. The first-order chi connectivity index (χ1) is 19.4. The minimum atomic E-state index is -0.749. The number of hydrogen-bond acceptors (Lipinski definition) is 7. The maximum atomic E-state index is 13.9. The van der Waals surface area contributed by atoms with Gasteiger partial charge in [0, 0.05) is 11.9 Å². The molecule has 8 heteroatoms. The fraction of sp³-hybridized carbons (Fsp3) is 0.438. The molecule has 1 N–H and O–H groups in total. The van der Waals surface area contributed by atoms with Gasteiger partial charge in [-0.05, 0) is 62.3 Å². The molecule has 4 rings (SSSR count). The summed E-state index contributed by atoms with van der Waals surface area (Å²) >= 11 is 0. The summed E-state index contributed by atoms with van der Waals surface area (Å²) in [5, 5.41) is 11.8. The van der Waals surface area contributed by atoms with E-state index in [9.17, 15) is 14.7 Å². The van der Waals surface area contributed by atoms with Gasteiger partial charge in [-0.2, -0.15) is 0 Å². The summed E-state index contributed by atoms with van der Waals surface area (Å²) in [5.41, 5.74) is 1.18. The second kappa shape index (κ2) is 13.5. The molecule has 0 radical (unpaired) electrons. The van der Waals surface area contributed by atoms with Gasteiger partial charge in [-0.1, -0.05) is 57.9 Å². The van der Waals surface area contributed by atoms with Crippen LogP contribution in [0.2, 0.25) is 0 Å². The van der Waals surface area contributed by atoms with Crippen LogP contribution in [0.15, 0.2) is 64.3 Å². The summed E-state index contributed by atoms with van der Waals surface area (Å²) in [6, 6.07) is 13.7. The number of amides is 1. The molecule has 0 saturated carbocycles. The van der Waals surface area contributed by atoms with Gasteiger partial charge >= 0.3 is 0 Å². The molecule has 40 heavy (non-hydrogen) atoms. The summed E-state index contributed by atoms with van der Waals surface area (Å²) < 4.78 is 17.2. The molecule has 2 aromatic carbocycles. The molecule has 0 aliphatic carbocycles. The Balaban J connectivity index is 1.66. The van der Waals surface area contributed by atoms with Gasteiger partial charge < -0.3 is 28.8 Å². The van der Waals surface area contributed by atoms with Crippen molar-refractivity contribution in [1.82, 2.24) is 9.80 Å². The first kappa shape index (κ1) is 29.2. The number of ether oxygens (including phenoxy) is 2. The average Bonchev–Trinajstić information content (AvgIpc) is 3.52. The van der Waals surface area contributed by atoms with E-state index in [0.717, 1.165) is 50.2 Å². The van der Waals surface area contributed by atoms with Crippen molar-refractivity contribution in [2.45, 2.75) is 52.5 Å². The van der Waals surface area contributed by atoms with Crippen LogP contribution in [0.4, 0.5) is 0 Å². The highest BCUT2D eigenvalue weighted by Crippen LogP contribution is 2.40. The predicted octanol–water partition coefficient (Wildman–Crippen LogP) is 6.32. The van der Waals surface area contributed by atoms with Gasteiger partial charge in [0.25, 0.3) is 5.91 Å². The largest absolute Gasteiger partial charge is 0.503 e. The minimum Gasteiger partial charge on any atom is -0.503 e. The number of hydrogen-bond donors (Lipinski definition) is 1. The second-order valence-corrected chi connectivity index (χ2v) is 9.99. The van der Waals surface area contributed by atoms with Crippen LogP contribution >= 0.6 is 0 Å². The van der Waals surface area contributed by atoms with Gasteiger partial charge in [0.2, 0.25) is 5.78 Å². The first-order valence-electron chi connectivity index (χ1n) is 14.2. The standard InChI is InChI=1S/C32H40N2O6/c1-5-8-9-20-39-24-16-14-22(15-17-24)28-27(30(36)32(37)34(28)19-11-18-33(6-2)7-3)29(35)26-21-23-12-10-13-25(38-4)31(23)40-26/h10,12-17,21,28,36H,5-9,11,18-20H2,1-4H3. The fourth-order valence-corrected chi connectivity index (χ4v) is 5.20. The Morgan fingerprint density at radius 3 is 2.48 bits per heavy atom. The number of unbranched alkanes of at least 4 members (excludes halogenated alkanes) is 2. The lowest BCUT2D eigenvalue weighted by atomic mass is 9.95. The molecule has 0 fully saturated rings. The van der Waals surface area contributed by atoms with Crippen molar-refractivity contribution in [2.24, 2.45) is 0 Å². The van der Waals surface area contributed by atoms with Gasteiger partial charge in [-0.3, -0.25) is 9.59 Å². The summed E-state index contributed by atoms with van der Waals surface area (Å²) in [4.78, 5) is 31.1. The summed E-state index contributed by atoms with van der Waals surface area (Å²) in [6.07, 6.45) is 3.91. The molecule has 2 heterocycles. The lowest BCUT2D eigenvalue weighted by molar-refractivity contribution is -0.129. The quantitative estimate of drug-likeness (QED) is 0.175. The number of fused-ring (bicyclic) bond motifs is 1. The number of benzene rings is 2. The van der Waals surface area contributed by atoms with Gasteiger partial charge in [-0.25, -0.2) is 0 Å². The Morgan fingerprint density at radius 1 is 1.05 bits per heavy atom. The number of rotatable bonds is 15. The molecule has 1 aliphatic heterocycles. The zero-order valence-electron chi connectivity index (χ0n) is 23.9. The third kappa shape index (κ3) is 6.17. The monoisotopic (exact) mass is 548 g/mol. The van der Waals surface area contributed by atoms with Crippen LogP contribution in [0.3, 0.4) is 0 Å². The maximum Gasteiger partial charge on any atom is 0.290 e. The van der Waals surface area contributed by atoms with Gasteiger partial charge in [0.15, 0.2) is 22.9 Å². The van der Waals surface area contributed by atoms with E-state index in [1.54, 1.807) is 17.0 Å². The summed E-state index contributed by atoms with van der Waals surface area (Å²) in [6.45, 7) is 10.0. The molecule has 1 aliphatic rings. The highest BCUT2D eigenvalue weighted by molar-refractivity contribution is 6.16. The van der Waals surface area contributed by atoms with Crippen LogP contribution in [0.5, 0.6) is 11.5 Å². The summed E-state index contributed by atoms with van der Waals surface area (Å²) in [7, 11) is 1.53. The van der Waals surface area contributed by atoms with Crippen molar-refractivity contribution >= 4 is 22.7 Å². The van der Waals surface area contributed by atoms with Crippen LogP contribution in [0, 0.1) is 0 Å². The third-order valence-corrected chi connectivity index (χ3v) is 7.48. The predicted molar refractivity (Wildman–Crippen MR) is 155 cm³/mol. The number of Topliss-reactive ketones (excluding diaryl/α,β-unsaturated/α-hetero) is 1. The Labute approximate surface area is 236 Å². The molecule has 8 nitrogen and oxygen atoms in total. The number of nitrogens with zero attached hydrogens (tertiary/aromatic N) is 2. The van der Waals surface area contributed by atoms with Crippen molar-refractivity contribution in [3.63, 3.8) is 0 Å². The zero-order chi connectivity index (χ0) is 28.6. The molecule has 214 valence electrons. The number of ketones is 1. The molecule has 3 aromatic rings. The molecule has 1 amide bonds. The Kier molecular flexibility index (Phi) is 9.88. The Morgan fingerprint density at radius 2 is 1.80 bits per heavy atom. The fourth-order valence-electron chi connectivity index (χ4n) is 5.20. The van der Waals surface area contributed by atoms with Crippen LogP contribution in [-0.4, -0.2) is 66.5 Å². The molecular formula is C32H40N2O6. The highest BCUT2D eigenvalue weighted by Gasteiger charge is 2.44. The molecule has 0 saturated heterocycles. The topological polar surface area (TPSA) is 92.4 Å². The van der Waals surface area contributed by atoms with Gasteiger partial charge in [0.1, 0.15) is 5.75 Å². The van der Waals surface area contributed by atoms with E-state index in [2.05, 4.69) is 25.7 Å². The lowest BCUT2D eigenvalue weighted by Gasteiger charge is -2.28. The molecular weight excluding hydrogens is 508 g/mol. The molecule has 1 unspecified atom stereocenters. The lowest BCUT2D eigenvalue weighted by Crippen LogP contribution is -2.34. The number of carbonyl (C=O) groups is 2. The van der Waals surface area contributed by atoms with E-state index < -0.39 is 23.5 Å². The number of furan rings is 1. The number of carbonyl (C=O) groups excluding carboxylic acids is 2. The van der Waals surface area contributed by atoms with Crippen LogP contribution in [-0.2, 0) is 4.79 Å². The number of methoxy groups -OCH3 is 1. The highest BCUT2D eigenvalue weighted by atomic mass is 16.5. The van der Waals surface area contributed by atoms with Crippen molar-refractivity contribution in [2.75, 3.05) is 39.9 Å². The maximum absolute atomic E-state index is 13.9. The zero-order valence-corrected chi connectivity index (χ0v) is 23.9.